The highest BCUT2D eigenvalue weighted by Crippen LogP contribution is 2.01. The van der Waals surface area contributed by atoms with Gasteiger partial charge in [-0.1, -0.05) is 30.3 Å². The molecule has 0 aliphatic heterocycles. The molecule has 1 aromatic rings. The third kappa shape index (κ3) is 4.42. The summed E-state index contributed by atoms with van der Waals surface area (Å²) in [4.78, 5) is 11.5. The molecule has 0 saturated heterocycles. The molecule has 3 N–H and O–H groups in total. The molecule has 0 bridgehead atoms. The third-order valence-electron chi connectivity index (χ3n) is 2.24. The van der Waals surface area contributed by atoms with E-state index < -0.39 is 6.04 Å². The Labute approximate surface area is 95.8 Å². The Kier molecular flexibility index (Phi) is 5.53. The summed E-state index contributed by atoms with van der Waals surface area (Å²) in [6.07, 6.45) is 0.555. The number of carbonyl (C=O) groups excluding carboxylic acids is 1. The topological polar surface area (TPSA) is 64.3 Å². The molecule has 88 valence electrons. The summed E-state index contributed by atoms with van der Waals surface area (Å²) in [5, 5.41) is 2.71. The molecule has 0 spiro atoms. The van der Waals surface area contributed by atoms with Gasteiger partial charge in [0, 0.05) is 13.7 Å². The van der Waals surface area contributed by atoms with Crippen molar-refractivity contribution in [2.75, 3.05) is 20.3 Å². The molecule has 1 aromatic carbocycles. The summed E-state index contributed by atoms with van der Waals surface area (Å²) in [5.74, 6) is -0.138. The Morgan fingerprint density at radius 1 is 1.44 bits per heavy atom. The van der Waals surface area contributed by atoms with Gasteiger partial charge in [0.15, 0.2) is 0 Å². The molecule has 0 aliphatic carbocycles. The molecule has 4 heteroatoms. The highest BCUT2D eigenvalue weighted by Gasteiger charge is 2.12. The van der Waals surface area contributed by atoms with Crippen molar-refractivity contribution in [2.24, 2.45) is 5.73 Å². The Morgan fingerprint density at radius 2 is 2.12 bits per heavy atom. The van der Waals surface area contributed by atoms with Gasteiger partial charge < -0.3 is 15.8 Å². The van der Waals surface area contributed by atoms with E-state index in [-0.39, 0.29) is 5.91 Å². The van der Waals surface area contributed by atoms with Crippen LogP contribution in [0.5, 0.6) is 0 Å². The lowest BCUT2D eigenvalue weighted by Crippen LogP contribution is -2.43. The average Bonchev–Trinajstić information content (AvgIpc) is 2.30. The van der Waals surface area contributed by atoms with Crippen molar-refractivity contribution >= 4 is 5.91 Å². The first-order valence-corrected chi connectivity index (χ1v) is 5.30. The number of amides is 1. The van der Waals surface area contributed by atoms with E-state index >= 15 is 0 Å². The molecule has 0 aromatic heterocycles. The number of nitrogens with two attached hydrogens (primary N) is 1. The van der Waals surface area contributed by atoms with Crippen molar-refractivity contribution < 1.29 is 9.53 Å². The molecule has 1 amide bonds. The maximum atomic E-state index is 11.5. The molecule has 0 radical (unpaired) electrons. The molecule has 1 atom stereocenters. The monoisotopic (exact) mass is 222 g/mol. The molecule has 1 rings (SSSR count). The van der Waals surface area contributed by atoms with Crippen LogP contribution in [0.3, 0.4) is 0 Å². The SMILES string of the molecule is COCCNC(=O)[C@H](N)Cc1ccccc1. The van der Waals surface area contributed by atoms with E-state index in [1.54, 1.807) is 7.11 Å². The van der Waals surface area contributed by atoms with Gasteiger partial charge in [0.05, 0.1) is 12.6 Å². The van der Waals surface area contributed by atoms with Crippen LogP contribution in [-0.2, 0) is 16.0 Å². The van der Waals surface area contributed by atoms with Crippen molar-refractivity contribution in [3.63, 3.8) is 0 Å². The number of hydrogen-bond donors (Lipinski definition) is 2. The van der Waals surface area contributed by atoms with Crippen LogP contribution in [0.25, 0.3) is 0 Å². The van der Waals surface area contributed by atoms with Crippen molar-refractivity contribution in [1.82, 2.24) is 5.32 Å². The van der Waals surface area contributed by atoms with E-state index in [0.717, 1.165) is 5.56 Å². The number of carbonyl (C=O) groups is 1. The van der Waals surface area contributed by atoms with Crippen molar-refractivity contribution in [1.29, 1.82) is 0 Å². The minimum absolute atomic E-state index is 0.138. The predicted molar refractivity (Wildman–Crippen MR) is 63.0 cm³/mol. The summed E-state index contributed by atoms with van der Waals surface area (Å²) >= 11 is 0. The molecular weight excluding hydrogens is 204 g/mol. The van der Waals surface area contributed by atoms with Crippen LogP contribution < -0.4 is 11.1 Å². The molecule has 0 fully saturated rings. The molecule has 0 saturated carbocycles. The van der Waals surface area contributed by atoms with E-state index in [1.165, 1.54) is 0 Å². The van der Waals surface area contributed by atoms with Gasteiger partial charge in [0.2, 0.25) is 5.91 Å². The number of methoxy groups -OCH3 is 1. The first-order valence-electron chi connectivity index (χ1n) is 5.30. The van der Waals surface area contributed by atoms with Crippen molar-refractivity contribution in [3.05, 3.63) is 35.9 Å². The Balaban J connectivity index is 2.34. The van der Waals surface area contributed by atoms with Crippen molar-refractivity contribution in [3.8, 4) is 0 Å². The molecule has 0 aliphatic rings. The van der Waals surface area contributed by atoms with Gasteiger partial charge in [0.25, 0.3) is 0 Å². The summed E-state index contributed by atoms with van der Waals surface area (Å²) < 4.78 is 4.83. The van der Waals surface area contributed by atoms with Gasteiger partial charge in [-0.25, -0.2) is 0 Å². The van der Waals surface area contributed by atoms with Crippen LogP contribution in [0.15, 0.2) is 30.3 Å². The quantitative estimate of drug-likeness (QED) is 0.681. The largest absolute Gasteiger partial charge is 0.383 e. The molecule has 4 nitrogen and oxygen atoms in total. The van der Waals surface area contributed by atoms with E-state index in [0.29, 0.717) is 19.6 Å². The van der Waals surface area contributed by atoms with E-state index in [4.69, 9.17) is 10.5 Å². The molecular formula is C12H18N2O2. The fraction of sp³-hybridized carbons (Fsp3) is 0.417. The van der Waals surface area contributed by atoms with Crippen molar-refractivity contribution in [2.45, 2.75) is 12.5 Å². The number of benzene rings is 1. The zero-order chi connectivity index (χ0) is 11.8. The molecule has 0 heterocycles. The smallest absolute Gasteiger partial charge is 0.237 e. The summed E-state index contributed by atoms with van der Waals surface area (Å²) in [6.45, 7) is 1.00. The summed E-state index contributed by atoms with van der Waals surface area (Å²) in [5.41, 5.74) is 6.85. The van der Waals surface area contributed by atoms with Gasteiger partial charge >= 0.3 is 0 Å². The predicted octanol–water partition coefficient (Wildman–Crippen LogP) is 0.319. The minimum atomic E-state index is -0.501. The highest BCUT2D eigenvalue weighted by atomic mass is 16.5. The maximum Gasteiger partial charge on any atom is 0.237 e. The second kappa shape index (κ2) is 6.98. The van der Waals surface area contributed by atoms with Gasteiger partial charge in [-0.05, 0) is 12.0 Å². The lowest BCUT2D eigenvalue weighted by molar-refractivity contribution is -0.122. The van der Waals surface area contributed by atoms with Gasteiger partial charge in [0.1, 0.15) is 0 Å². The highest BCUT2D eigenvalue weighted by molar-refractivity contribution is 5.81. The maximum absolute atomic E-state index is 11.5. The number of hydrogen-bond acceptors (Lipinski definition) is 3. The number of rotatable bonds is 6. The van der Waals surface area contributed by atoms with E-state index in [2.05, 4.69) is 5.32 Å². The third-order valence-corrected chi connectivity index (χ3v) is 2.24. The number of ether oxygens (including phenoxy) is 1. The van der Waals surface area contributed by atoms with Gasteiger partial charge in [-0.2, -0.15) is 0 Å². The second-order valence-corrected chi connectivity index (χ2v) is 3.58. The zero-order valence-corrected chi connectivity index (χ0v) is 9.48. The average molecular weight is 222 g/mol. The van der Waals surface area contributed by atoms with Gasteiger partial charge in [-0.3, -0.25) is 4.79 Å². The molecule has 16 heavy (non-hydrogen) atoms. The van der Waals surface area contributed by atoms with Crippen LogP contribution in [0.2, 0.25) is 0 Å². The van der Waals surface area contributed by atoms with Crippen LogP contribution in [0, 0.1) is 0 Å². The fourth-order valence-corrected chi connectivity index (χ4v) is 1.37. The Hall–Kier alpha value is -1.39. The Morgan fingerprint density at radius 3 is 2.75 bits per heavy atom. The van der Waals surface area contributed by atoms with Gasteiger partial charge in [-0.15, -0.1) is 0 Å². The molecule has 0 unspecified atom stereocenters. The van der Waals surface area contributed by atoms with Crippen LogP contribution >= 0.6 is 0 Å². The Bertz CT molecular complexity index is 314. The number of nitrogens with one attached hydrogen (secondary N) is 1. The second-order valence-electron chi connectivity index (χ2n) is 3.58. The summed E-state index contributed by atoms with van der Waals surface area (Å²) in [7, 11) is 1.59. The lowest BCUT2D eigenvalue weighted by Gasteiger charge is -2.11. The first-order chi connectivity index (χ1) is 7.74. The van der Waals surface area contributed by atoms with Crippen LogP contribution in [0.4, 0.5) is 0 Å². The minimum Gasteiger partial charge on any atom is -0.383 e. The fourth-order valence-electron chi connectivity index (χ4n) is 1.37. The van der Waals surface area contributed by atoms with Crippen LogP contribution in [0.1, 0.15) is 5.56 Å². The van der Waals surface area contributed by atoms with E-state index in [9.17, 15) is 4.79 Å². The summed E-state index contributed by atoms with van der Waals surface area (Å²) in [6, 6.07) is 9.23. The zero-order valence-electron chi connectivity index (χ0n) is 9.48. The lowest BCUT2D eigenvalue weighted by atomic mass is 10.1. The van der Waals surface area contributed by atoms with Crippen LogP contribution in [-0.4, -0.2) is 32.2 Å². The van der Waals surface area contributed by atoms with E-state index in [1.807, 2.05) is 30.3 Å². The first kappa shape index (κ1) is 12.7. The normalized spacial score (nSPS) is 12.1. The standard InChI is InChI=1S/C12H18N2O2/c1-16-8-7-14-12(15)11(13)9-10-5-3-2-4-6-10/h2-6,11H,7-9,13H2,1H3,(H,14,15)/t11-/m1/s1.